The number of halogens is 1. The second-order valence-electron chi connectivity index (χ2n) is 5.98. The van der Waals surface area contributed by atoms with Crippen molar-refractivity contribution in [2.45, 2.75) is 19.5 Å². The normalized spacial score (nSPS) is 16.5. The highest BCUT2D eigenvalue weighted by molar-refractivity contribution is 5.98. The zero-order chi connectivity index (χ0) is 16.7. The van der Waals surface area contributed by atoms with E-state index in [-0.39, 0.29) is 17.8 Å². The molecule has 0 saturated heterocycles. The number of aromatic nitrogens is 2. The van der Waals surface area contributed by atoms with E-state index in [0.717, 1.165) is 22.4 Å². The Bertz CT molecular complexity index is 887. The lowest BCUT2D eigenvalue weighted by Crippen LogP contribution is -2.29. The number of amides is 1. The lowest BCUT2D eigenvalue weighted by Gasteiger charge is -2.26. The fourth-order valence-corrected chi connectivity index (χ4v) is 3.28. The zero-order valence-electron chi connectivity index (χ0n) is 13.2. The molecule has 4 rings (SSSR count). The molecule has 2 aromatic carbocycles. The number of H-pyrrole nitrogens is 1. The van der Waals surface area contributed by atoms with E-state index in [1.165, 1.54) is 12.1 Å². The number of aryl methyl sites for hydroxylation is 1. The molecule has 0 bridgehead atoms. The summed E-state index contributed by atoms with van der Waals surface area (Å²) < 4.78 is 13.3. The van der Waals surface area contributed by atoms with E-state index in [1.54, 1.807) is 17.0 Å². The first-order chi connectivity index (χ1) is 11.6. The average molecular weight is 321 g/mol. The van der Waals surface area contributed by atoms with Crippen molar-refractivity contribution in [1.29, 1.82) is 0 Å². The van der Waals surface area contributed by atoms with Crippen LogP contribution in [-0.4, -0.2) is 21.0 Å². The molecule has 1 aliphatic heterocycles. The first-order valence-corrected chi connectivity index (χ1v) is 7.80. The second kappa shape index (κ2) is 5.60. The van der Waals surface area contributed by atoms with Crippen LogP contribution in [-0.2, 0) is 6.54 Å². The predicted molar refractivity (Wildman–Crippen MR) is 87.9 cm³/mol. The van der Waals surface area contributed by atoms with Crippen LogP contribution in [0.15, 0.2) is 54.6 Å². The largest absolute Gasteiger partial charge is 0.322 e. The van der Waals surface area contributed by atoms with Crippen molar-refractivity contribution in [2.75, 3.05) is 0 Å². The highest BCUT2D eigenvalue weighted by Crippen LogP contribution is 2.40. The molecule has 24 heavy (non-hydrogen) atoms. The summed E-state index contributed by atoms with van der Waals surface area (Å²) in [5.41, 5.74) is 4.12. The van der Waals surface area contributed by atoms with E-state index in [1.807, 2.05) is 37.3 Å². The van der Waals surface area contributed by atoms with E-state index >= 15 is 0 Å². The first kappa shape index (κ1) is 14.6. The minimum Gasteiger partial charge on any atom is -0.322 e. The van der Waals surface area contributed by atoms with Crippen molar-refractivity contribution in [3.05, 3.63) is 88.5 Å². The van der Waals surface area contributed by atoms with Crippen LogP contribution in [0.4, 0.5) is 4.39 Å². The number of nitrogens with one attached hydrogen (secondary N) is 1. The summed E-state index contributed by atoms with van der Waals surface area (Å²) in [7, 11) is 0. The van der Waals surface area contributed by atoms with Gasteiger partial charge in [-0.1, -0.05) is 42.5 Å². The third kappa shape index (κ3) is 2.29. The second-order valence-corrected chi connectivity index (χ2v) is 5.98. The number of fused-ring (bicyclic) bond motifs is 1. The Balaban J connectivity index is 1.79. The van der Waals surface area contributed by atoms with E-state index in [0.29, 0.717) is 12.2 Å². The third-order valence-corrected chi connectivity index (χ3v) is 4.42. The topological polar surface area (TPSA) is 49.0 Å². The number of hydrogen-bond acceptors (Lipinski definition) is 2. The number of benzene rings is 2. The molecule has 1 aliphatic rings. The van der Waals surface area contributed by atoms with Crippen LogP contribution in [0.25, 0.3) is 0 Å². The molecule has 1 unspecified atom stereocenters. The number of nitrogens with zero attached hydrogens (tertiary/aromatic N) is 2. The highest BCUT2D eigenvalue weighted by Gasteiger charge is 2.41. The van der Waals surface area contributed by atoms with Gasteiger partial charge in [-0.25, -0.2) is 4.39 Å². The molecule has 0 spiro atoms. The van der Waals surface area contributed by atoms with Crippen molar-refractivity contribution in [2.24, 2.45) is 0 Å². The molecule has 0 aliphatic carbocycles. The van der Waals surface area contributed by atoms with Crippen LogP contribution in [0.3, 0.4) is 0 Å². The molecular weight excluding hydrogens is 305 g/mol. The Labute approximate surface area is 138 Å². The van der Waals surface area contributed by atoms with Crippen LogP contribution >= 0.6 is 0 Å². The highest BCUT2D eigenvalue weighted by atomic mass is 19.1. The molecule has 1 N–H and O–H groups in total. The number of carbonyl (C=O) groups excluding carboxylic acids is 1. The fraction of sp³-hybridized carbons (Fsp3) is 0.158. The molecule has 4 nitrogen and oxygen atoms in total. The van der Waals surface area contributed by atoms with Crippen LogP contribution in [0.5, 0.6) is 0 Å². The van der Waals surface area contributed by atoms with Gasteiger partial charge in [-0.2, -0.15) is 5.10 Å². The van der Waals surface area contributed by atoms with Crippen LogP contribution in [0, 0.1) is 12.7 Å². The number of hydrogen-bond donors (Lipinski definition) is 1. The summed E-state index contributed by atoms with van der Waals surface area (Å²) in [6.45, 7) is 2.39. The summed E-state index contributed by atoms with van der Waals surface area (Å²) in [5.74, 6) is -0.394. The molecule has 0 radical (unpaired) electrons. The van der Waals surface area contributed by atoms with Gasteiger partial charge in [0.15, 0.2) is 5.69 Å². The summed E-state index contributed by atoms with van der Waals surface area (Å²) >= 11 is 0. The molecule has 2 heterocycles. The Morgan fingerprint density at radius 1 is 1.12 bits per heavy atom. The van der Waals surface area contributed by atoms with Gasteiger partial charge in [0, 0.05) is 17.8 Å². The Morgan fingerprint density at radius 2 is 1.83 bits per heavy atom. The molecule has 0 saturated carbocycles. The zero-order valence-corrected chi connectivity index (χ0v) is 13.2. The van der Waals surface area contributed by atoms with Gasteiger partial charge in [-0.05, 0) is 30.2 Å². The smallest absolute Gasteiger partial charge is 0.275 e. The van der Waals surface area contributed by atoms with E-state index < -0.39 is 0 Å². The van der Waals surface area contributed by atoms with Gasteiger partial charge >= 0.3 is 0 Å². The van der Waals surface area contributed by atoms with Gasteiger partial charge in [-0.15, -0.1) is 0 Å². The Hall–Kier alpha value is -2.95. The standard InChI is InChI=1S/C19H16FN3O/c1-12-16-17(22-21-12)19(24)23(11-13-5-3-2-4-6-13)18(16)14-7-9-15(20)10-8-14/h2-10,18H,11H2,1H3,(H,21,22). The number of aromatic amines is 1. The van der Waals surface area contributed by atoms with Crippen molar-refractivity contribution in [1.82, 2.24) is 15.1 Å². The van der Waals surface area contributed by atoms with Crippen molar-refractivity contribution in [3.8, 4) is 0 Å². The molecule has 1 atom stereocenters. The summed E-state index contributed by atoms with van der Waals surface area (Å²) in [6.07, 6.45) is 0. The van der Waals surface area contributed by atoms with Gasteiger partial charge < -0.3 is 4.90 Å². The molecule has 3 aromatic rings. The monoisotopic (exact) mass is 321 g/mol. The van der Waals surface area contributed by atoms with Gasteiger partial charge in [0.05, 0.1) is 6.04 Å². The SMILES string of the molecule is Cc1[nH]nc2c1C(c1ccc(F)cc1)N(Cc1ccccc1)C2=O. The summed E-state index contributed by atoms with van der Waals surface area (Å²) in [6, 6.07) is 15.9. The maximum Gasteiger partial charge on any atom is 0.275 e. The molecule has 1 aromatic heterocycles. The number of rotatable bonds is 3. The van der Waals surface area contributed by atoms with Gasteiger partial charge in [0.1, 0.15) is 5.82 Å². The summed E-state index contributed by atoms with van der Waals surface area (Å²) in [4.78, 5) is 14.6. The molecule has 120 valence electrons. The Morgan fingerprint density at radius 3 is 2.54 bits per heavy atom. The summed E-state index contributed by atoms with van der Waals surface area (Å²) in [5, 5.41) is 7.07. The lowest BCUT2D eigenvalue weighted by molar-refractivity contribution is 0.0729. The maximum atomic E-state index is 13.3. The molecule has 0 fully saturated rings. The van der Waals surface area contributed by atoms with Crippen molar-refractivity contribution >= 4 is 5.91 Å². The molecule has 5 heteroatoms. The Kier molecular flexibility index (Phi) is 3.41. The molecular formula is C19H16FN3O. The van der Waals surface area contributed by atoms with E-state index in [9.17, 15) is 9.18 Å². The average Bonchev–Trinajstić information content (AvgIpc) is 3.10. The van der Waals surface area contributed by atoms with Crippen molar-refractivity contribution < 1.29 is 9.18 Å². The van der Waals surface area contributed by atoms with E-state index in [4.69, 9.17) is 0 Å². The lowest BCUT2D eigenvalue weighted by atomic mass is 9.99. The first-order valence-electron chi connectivity index (χ1n) is 7.80. The van der Waals surface area contributed by atoms with Crippen LogP contribution < -0.4 is 0 Å². The van der Waals surface area contributed by atoms with Crippen LogP contribution in [0.1, 0.15) is 38.9 Å². The van der Waals surface area contributed by atoms with Crippen molar-refractivity contribution in [3.63, 3.8) is 0 Å². The van der Waals surface area contributed by atoms with Crippen LogP contribution in [0.2, 0.25) is 0 Å². The maximum absolute atomic E-state index is 13.3. The minimum absolute atomic E-state index is 0.104. The van der Waals surface area contributed by atoms with E-state index in [2.05, 4.69) is 10.2 Å². The third-order valence-electron chi connectivity index (χ3n) is 4.42. The van der Waals surface area contributed by atoms with Gasteiger partial charge in [0.2, 0.25) is 0 Å². The number of carbonyl (C=O) groups is 1. The van der Waals surface area contributed by atoms with Gasteiger partial charge in [0.25, 0.3) is 5.91 Å². The minimum atomic E-state index is -0.290. The molecule has 1 amide bonds. The fourth-order valence-electron chi connectivity index (χ4n) is 3.28. The quantitative estimate of drug-likeness (QED) is 0.801. The predicted octanol–water partition coefficient (Wildman–Crippen LogP) is 3.60. The van der Waals surface area contributed by atoms with Gasteiger partial charge in [-0.3, -0.25) is 9.89 Å².